The standard InChI is InChI=1S/C24H32N4O2.HI/c1-28(2)23(29)17-27-24(25-15-14-19-8-4-3-5-9-19)26-16-21-10-6-7-11-22(21)30-18-20-12-13-20;/h3-11,20H,12-18H2,1-2H3,(H2,25,26,27);1H. The van der Waals surface area contributed by atoms with Crippen LogP contribution in [-0.2, 0) is 17.8 Å². The highest BCUT2D eigenvalue weighted by Crippen LogP contribution is 2.30. The summed E-state index contributed by atoms with van der Waals surface area (Å²) in [5.74, 6) is 2.22. The second-order valence-electron chi connectivity index (χ2n) is 7.83. The summed E-state index contributed by atoms with van der Waals surface area (Å²) < 4.78 is 5.99. The van der Waals surface area contributed by atoms with Crippen molar-refractivity contribution in [1.29, 1.82) is 0 Å². The van der Waals surface area contributed by atoms with Crippen molar-refractivity contribution in [2.45, 2.75) is 25.8 Å². The number of carbonyl (C=O) groups is 1. The smallest absolute Gasteiger partial charge is 0.241 e. The quantitative estimate of drug-likeness (QED) is 0.278. The van der Waals surface area contributed by atoms with Gasteiger partial charge < -0.3 is 20.3 Å². The molecule has 0 radical (unpaired) electrons. The van der Waals surface area contributed by atoms with Gasteiger partial charge in [-0.25, -0.2) is 4.99 Å². The molecular weight excluding hydrogens is 503 g/mol. The lowest BCUT2D eigenvalue weighted by molar-refractivity contribution is -0.127. The Kier molecular flexibility index (Phi) is 10.6. The molecule has 3 rings (SSSR count). The van der Waals surface area contributed by atoms with E-state index in [4.69, 9.17) is 9.73 Å². The van der Waals surface area contributed by atoms with Crippen molar-refractivity contribution in [2.24, 2.45) is 10.9 Å². The molecule has 6 nitrogen and oxygen atoms in total. The highest BCUT2D eigenvalue weighted by molar-refractivity contribution is 14.0. The van der Waals surface area contributed by atoms with Crippen molar-refractivity contribution < 1.29 is 9.53 Å². The zero-order chi connectivity index (χ0) is 21.2. The van der Waals surface area contributed by atoms with Crippen LogP contribution in [0.5, 0.6) is 5.75 Å². The van der Waals surface area contributed by atoms with Gasteiger partial charge in [0.05, 0.1) is 19.7 Å². The van der Waals surface area contributed by atoms with Crippen LogP contribution in [0.25, 0.3) is 0 Å². The third-order valence-corrected chi connectivity index (χ3v) is 5.01. The van der Waals surface area contributed by atoms with Crippen molar-refractivity contribution in [3.63, 3.8) is 0 Å². The number of nitrogens with zero attached hydrogens (tertiary/aromatic N) is 2. The summed E-state index contributed by atoms with van der Waals surface area (Å²) in [5, 5.41) is 6.48. The summed E-state index contributed by atoms with van der Waals surface area (Å²) in [7, 11) is 3.49. The van der Waals surface area contributed by atoms with E-state index in [1.807, 2.05) is 42.5 Å². The van der Waals surface area contributed by atoms with E-state index in [9.17, 15) is 4.79 Å². The number of hydrogen-bond acceptors (Lipinski definition) is 3. The first-order chi connectivity index (χ1) is 14.6. The van der Waals surface area contributed by atoms with Gasteiger partial charge in [-0.2, -0.15) is 0 Å². The van der Waals surface area contributed by atoms with E-state index < -0.39 is 0 Å². The molecule has 1 fully saturated rings. The minimum atomic E-state index is 0. The molecule has 0 aromatic heterocycles. The number of ether oxygens (including phenoxy) is 1. The van der Waals surface area contributed by atoms with E-state index in [1.165, 1.54) is 18.4 Å². The van der Waals surface area contributed by atoms with Gasteiger partial charge in [0, 0.05) is 26.2 Å². The molecule has 1 amide bonds. The fourth-order valence-electron chi connectivity index (χ4n) is 2.89. The van der Waals surface area contributed by atoms with Gasteiger partial charge in [0.25, 0.3) is 0 Å². The van der Waals surface area contributed by atoms with Crippen molar-refractivity contribution in [3.8, 4) is 5.75 Å². The normalized spacial score (nSPS) is 13.2. The molecule has 2 aromatic carbocycles. The highest BCUT2D eigenvalue weighted by Gasteiger charge is 2.22. The van der Waals surface area contributed by atoms with Crippen LogP contribution in [-0.4, -0.2) is 50.6 Å². The van der Waals surface area contributed by atoms with E-state index >= 15 is 0 Å². The lowest BCUT2D eigenvalue weighted by Gasteiger charge is -2.15. The lowest BCUT2D eigenvalue weighted by Crippen LogP contribution is -2.43. The zero-order valence-corrected chi connectivity index (χ0v) is 20.7. The fourth-order valence-corrected chi connectivity index (χ4v) is 2.89. The van der Waals surface area contributed by atoms with Gasteiger partial charge in [0.2, 0.25) is 5.91 Å². The maximum Gasteiger partial charge on any atom is 0.241 e. The van der Waals surface area contributed by atoms with Crippen molar-refractivity contribution in [2.75, 3.05) is 33.8 Å². The Morgan fingerprint density at radius 2 is 1.77 bits per heavy atom. The van der Waals surface area contributed by atoms with Crippen LogP contribution in [0, 0.1) is 5.92 Å². The van der Waals surface area contributed by atoms with Gasteiger partial charge in [-0.15, -0.1) is 24.0 Å². The maximum absolute atomic E-state index is 12.0. The third kappa shape index (κ3) is 9.16. The summed E-state index contributed by atoms with van der Waals surface area (Å²) in [5.41, 5.74) is 2.30. The fraction of sp³-hybridized carbons (Fsp3) is 0.417. The predicted molar refractivity (Wildman–Crippen MR) is 136 cm³/mol. The van der Waals surface area contributed by atoms with E-state index in [0.29, 0.717) is 18.4 Å². The molecule has 31 heavy (non-hydrogen) atoms. The first-order valence-corrected chi connectivity index (χ1v) is 10.6. The predicted octanol–water partition coefficient (Wildman–Crippen LogP) is 3.46. The molecule has 2 aromatic rings. The maximum atomic E-state index is 12.0. The van der Waals surface area contributed by atoms with Gasteiger partial charge in [-0.05, 0) is 36.8 Å². The van der Waals surface area contributed by atoms with Gasteiger partial charge >= 0.3 is 0 Å². The largest absolute Gasteiger partial charge is 0.493 e. The number of halogens is 1. The molecular formula is C24H33IN4O2. The number of benzene rings is 2. The zero-order valence-electron chi connectivity index (χ0n) is 18.3. The number of hydrogen-bond donors (Lipinski definition) is 2. The number of aliphatic imine (C=N–C) groups is 1. The third-order valence-electron chi connectivity index (χ3n) is 5.01. The van der Waals surface area contributed by atoms with Crippen molar-refractivity contribution in [3.05, 3.63) is 65.7 Å². The first-order valence-electron chi connectivity index (χ1n) is 10.6. The Morgan fingerprint density at radius 3 is 2.48 bits per heavy atom. The molecule has 0 atom stereocenters. The van der Waals surface area contributed by atoms with Crippen LogP contribution in [0.1, 0.15) is 24.0 Å². The van der Waals surface area contributed by atoms with E-state index in [0.717, 1.165) is 30.9 Å². The van der Waals surface area contributed by atoms with Crippen molar-refractivity contribution in [1.82, 2.24) is 15.5 Å². The number of amides is 1. The first kappa shape index (κ1) is 25.0. The molecule has 1 saturated carbocycles. The lowest BCUT2D eigenvalue weighted by atomic mass is 10.1. The molecule has 0 bridgehead atoms. The molecule has 2 N–H and O–H groups in total. The summed E-state index contributed by atoms with van der Waals surface area (Å²) in [6.45, 7) is 2.19. The molecule has 0 spiro atoms. The molecule has 0 heterocycles. The summed E-state index contributed by atoms with van der Waals surface area (Å²) >= 11 is 0. The Bertz CT molecular complexity index is 838. The van der Waals surface area contributed by atoms with Crippen LogP contribution in [0.2, 0.25) is 0 Å². The molecule has 7 heteroatoms. The van der Waals surface area contributed by atoms with Crippen LogP contribution >= 0.6 is 24.0 Å². The molecule has 1 aliphatic rings. The number of para-hydroxylation sites is 1. The second-order valence-corrected chi connectivity index (χ2v) is 7.83. The molecule has 0 aliphatic heterocycles. The number of nitrogens with one attached hydrogen (secondary N) is 2. The number of rotatable bonds is 10. The monoisotopic (exact) mass is 536 g/mol. The molecule has 0 saturated heterocycles. The summed E-state index contributed by atoms with van der Waals surface area (Å²) in [4.78, 5) is 18.3. The Balaban J connectivity index is 0.00000341. The second kappa shape index (κ2) is 13.2. The minimum Gasteiger partial charge on any atom is -0.493 e. The number of guanidine groups is 1. The Morgan fingerprint density at radius 1 is 1.06 bits per heavy atom. The molecule has 168 valence electrons. The molecule has 0 unspecified atom stereocenters. The topological polar surface area (TPSA) is 66.0 Å². The Hall–Kier alpha value is -2.29. The van der Waals surface area contributed by atoms with Crippen LogP contribution in [0.15, 0.2) is 59.6 Å². The van der Waals surface area contributed by atoms with Gasteiger partial charge in [0.1, 0.15) is 5.75 Å². The van der Waals surface area contributed by atoms with E-state index in [1.54, 1.807) is 19.0 Å². The van der Waals surface area contributed by atoms with Crippen molar-refractivity contribution >= 4 is 35.8 Å². The van der Waals surface area contributed by atoms with Gasteiger partial charge in [-0.3, -0.25) is 4.79 Å². The van der Waals surface area contributed by atoms with E-state index in [2.05, 4.69) is 22.8 Å². The Labute approximate surface area is 202 Å². The SMILES string of the molecule is CN(C)C(=O)CNC(=NCc1ccccc1OCC1CC1)NCCc1ccccc1.I. The van der Waals surface area contributed by atoms with E-state index in [-0.39, 0.29) is 36.4 Å². The van der Waals surface area contributed by atoms with Gasteiger partial charge in [-0.1, -0.05) is 48.5 Å². The highest BCUT2D eigenvalue weighted by atomic mass is 127. The number of likely N-dealkylation sites (N-methyl/N-ethyl adjacent to an activating group) is 1. The minimum absolute atomic E-state index is 0. The average Bonchev–Trinajstić information content (AvgIpc) is 3.59. The van der Waals surface area contributed by atoms with Crippen LogP contribution < -0.4 is 15.4 Å². The van der Waals surface area contributed by atoms with Gasteiger partial charge in [0.15, 0.2) is 5.96 Å². The molecule has 1 aliphatic carbocycles. The van der Waals surface area contributed by atoms with Crippen LogP contribution in [0.3, 0.4) is 0 Å². The average molecular weight is 536 g/mol. The van der Waals surface area contributed by atoms with Crippen LogP contribution in [0.4, 0.5) is 0 Å². The summed E-state index contributed by atoms with van der Waals surface area (Å²) in [6, 6.07) is 18.3. The number of carbonyl (C=O) groups excluding carboxylic acids is 1. The summed E-state index contributed by atoms with van der Waals surface area (Å²) in [6.07, 6.45) is 3.41.